The molecule has 2 rings (SSSR count). The summed E-state index contributed by atoms with van der Waals surface area (Å²) in [5.41, 5.74) is 1.82. The molecule has 0 saturated heterocycles. The van der Waals surface area contributed by atoms with Crippen LogP contribution in [0.3, 0.4) is 0 Å². The summed E-state index contributed by atoms with van der Waals surface area (Å²) in [6.07, 6.45) is 0.824. The van der Waals surface area contributed by atoms with E-state index >= 15 is 0 Å². The summed E-state index contributed by atoms with van der Waals surface area (Å²) < 4.78 is 0.780. The number of nitrogens with one attached hydrogen (secondary N) is 1. The van der Waals surface area contributed by atoms with E-state index in [9.17, 15) is 4.79 Å². The molecule has 1 N–H and O–H groups in total. The van der Waals surface area contributed by atoms with Crippen molar-refractivity contribution >= 4 is 34.5 Å². The molecule has 0 aliphatic heterocycles. The van der Waals surface area contributed by atoms with Gasteiger partial charge in [0.15, 0.2) is 0 Å². The molecular weight excluding hydrogens is 322 g/mol. The van der Waals surface area contributed by atoms with Crippen LogP contribution in [0.5, 0.6) is 0 Å². The van der Waals surface area contributed by atoms with Crippen LogP contribution in [0.2, 0.25) is 0 Å². The summed E-state index contributed by atoms with van der Waals surface area (Å²) in [5, 5.41) is 2.91. The van der Waals surface area contributed by atoms with Gasteiger partial charge in [-0.2, -0.15) is 0 Å². The summed E-state index contributed by atoms with van der Waals surface area (Å²) >= 11 is 7.62. The molecule has 0 spiro atoms. The smallest absolute Gasteiger partial charge is 0.252 e. The fourth-order valence-electron chi connectivity index (χ4n) is 1.75. The zero-order chi connectivity index (χ0) is 13.7. The molecular formula is C15H14BrNOS. The predicted octanol–water partition coefficient (Wildman–Crippen LogP) is 3.71. The quantitative estimate of drug-likeness (QED) is 0.819. The number of hydrogen-bond donors (Lipinski definition) is 2. The highest BCUT2D eigenvalue weighted by atomic mass is 79.9. The monoisotopic (exact) mass is 335 g/mol. The number of carbonyl (C=O) groups is 1. The van der Waals surface area contributed by atoms with Crippen molar-refractivity contribution in [3.8, 4) is 0 Å². The van der Waals surface area contributed by atoms with E-state index in [0.29, 0.717) is 12.1 Å². The van der Waals surface area contributed by atoms with Crippen LogP contribution < -0.4 is 5.32 Å². The SMILES string of the molecule is O=C(NCCc1ccccc1)c1cc(S)ccc1Br. The first-order valence-corrected chi connectivity index (χ1v) is 7.21. The fourth-order valence-corrected chi connectivity index (χ4v) is 2.38. The number of halogens is 1. The highest BCUT2D eigenvalue weighted by molar-refractivity contribution is 9.10. The average molecular weight is 336 g/mol. The maximum absolute atomic E-state index is 12.0. The normalized spacial score (nSPS) is 10.2. The summed E-state index contributed by atoms with van der Waals surface area (Å²) in [6.45, 7) is 0.617. The Balaban J connectivity index is 1.93. The van der Waals surface area contributed by atoms with E-state index in [0.717, 1.165) is 15.8 Å². The third-order valence-electron chi connectivity index (χ3n) is 2.74. The molecule has 0 aromatic heterocycles. The lowest BCUT2D eigenvalue weighted by Gasteiger charge is -2.07. The molecule has 0 aliphatic rings. The minimum atomic E-state index is -0.0845. The Morgan fingerprint density at radius 3 is 2.63 bits per heavy atom. The van der Waals surface area contributed by atoms with E-state index in [4.69, 9.17) is 0 Å². The largest absolute Gasteiger partial charge is 0.352 e. The van der Waals surface area contributed by atoms with Gasteiger partial charge in [0.05, 0.1) is 5.56 Å². The van der Waals surface area contributed by atoms with Gasteiger partial charge in [0.25, 0.3) is 5.91 Å². The molecule has 4 heteroatoms. The minimum Gasteiger partial charge on any atom is -0.352 e. The highest BCUT2D eigenvalue weighted by Gasteiger charge is 2.09. The van der Waals surface area contributed by atoms with Crippen molar-refractivity contribution in [2.24, 2.45) is 0 Å². The molecule has 0 atom stereocenters. The van der Waals surface area contributed by atoms with Gasteiger partial charge in [-0.3, -0.25) is 4.79 Å². The highest BCUT2D eigenvalue weighted by Crippen LogP contribution is 2.20. The molecule has 0 heterocycles. The lowest BCUT2D eigenvalue weighted by Crippen LogP contribution is -2.26. The molecule has 0 fully saturated rings. The van der Waals surface area contributed by atoms with Gasteiger partial charge in [0, 0.05) is 15.9 Å². The van der Waals surface area contributed by atoms with Crippen LogP contribution in [0.4, 0.5) is 0 Å². The summed E-state index contributed by atoms with van der Waals surface area (Å²) in [4.78, 5) is 12.8. The molecule has 0 unspecified atom stereocenters. The first-order chi connectivity index (χ1) is 9.16. The van der Waals surface area contributed by atoms with Crippen LogP contribution >= 0.6 is 28.6 Å². The second kappa shape index (κ2) is 6.78. The molecule has 0 saturated carbocycles. The van der Waals surface area contributed by atoms with Gasteiger partial charge in [0.2, 0.25) is 0 Å². The molecule has 2 aromatic carbocycles. The standard InChI is InChI=1S/C15H14BrNOS/c16-14-7-6-12(19)10-13(14)15(18)17-9-8-11-4-2-1-3-5-11/h1-7,10,19H,8-9H2,(H,17,18). The van der Waals surface area contributed by atoms with Gasteiger partial charge in [-0.25, -0.2) is 0 Å². The summed E-state index contributed by atoms with van der Waals surface area (Å²) in [5.74, 6) is -0.0845. The topological polar surface area (TPSA) is 29.1 Å². The number of amides is 1. The first-order valence-electron chi connectivity index (χ1n) is 5.97. The van der Waals surface area contributed by atoms with Gasteiger partial charge in [-0.1, -0.05) is 30.3 Å². The first kappa shape index (κ1) is 14.2. The van der Waals surface area contributed by atoms with Crippen LogP contribution in [0.1, 0.15) is 15.9 Å². The zero-order valence-electron chi connectivity index (χ0n) is 10.3. The Bertz CT molecular complexity index is 572. The van der Waals surface area contributed by atoms with Gasteiger partial charge in [-0.05, 0) is 46.1 Å². The van der Waals surface area contributed by atoms with Crippen molar-refractivity contribution in [3.63, 3.8) is 0 Å². The number of benzene rings is 2. The Morgan fingerprint density at radius 2 is 1.89 bits per heavy atom. The zero-order valence-corrected chi connectivity index (χ0v) is 12.7. The van der Waals surface area contributed by atoms with Gasteiger partial charge >= 0.3 is 0 Å². The van der Waals surface area contributed by atoms with Gasteiger partial charge < -0.3 is 5.32 Å². The van der Waals surface area contributed by atoms with E-state index in [2.05, 4.69) is 46.0 Å². The molecule has 98 valence electrons. The molecule has 2 aromatic rings. The molecule has 0 bridgehead atoms. The Kier molecular flexibility index (Phi) is 5.05. The molecule has 0 aliphatic carbocycles. The second-order valence-corrected chi connectivity index (χ2v) is 5.53. The van der Waals surface area contributed by atoms with Gasteiger partial charge in [0.1, 0.15) is 0 Å². The summed E-state index contributed by atoms with van der Waals surface area (Å²) in [7, 11) is 0. The number of thiol groups is 1. The maximum Gasteiger partial charge on any atom is 0.252 e. The van der Waals surface area contributed by atoms with Crippen molar-refractivity contribution in [2.45, 2.75) is 11.3 Å². The van der Waals surface area contributed by atoms with Crippen LogP contribution in [0.25, 0.3) is 0 Å². The van der Waals surface area contributed by atoms with Crippen molar-refractivity contribution in [2.75, 3.05) is 6.54 Å². The number of carbonyl (C=O) groups excluding carboxylic acids is 1. The van der Waals surface area contributed by atoms with Crippen LogP contribution in [-0.4, -0.2) is 12.5 Å². The fraction of sp³-hybridized carbons (Fsp3) is 0.133. The number of rotatable bonds is 4. The van der Waals surface area contributed by atoms with Crippen LogP contribution in [-0.2, 0) is 6.42 Å². The van der Waals surface area contributed by atoms with Crippen molar-refractivity contribution < 1.29 is 4.79 Å². The molecule has 19 heavy (non-hydrogen) atoms. The van der Waals surface area contributed by atoms with E-state index in [-0.39, 0.29) is 5.91 Å². The minimum absolute atomic E-state index is 0.0845. The molecule has 2 nitrogen and oxygen atoms in total. The van der Waals surface area contributed by atoms with E-state index in [1.807, 2.05) is 30.3 Å². The van der Waals surface area contributed by atoms with Crippen molar-refractivity contribution in [3.05, 3.63) is 64.1 Å². The Hall–Kier alpha value is -1.26. The van der Waals surface area contributed by atoms with Crippen molar-refractivity contribution in [1.82, 2.24) is 5.32 Å². The maximum atomic E-state index is 12.0. The van der Waals surface area contributed by atoms with Crippen LogP contribution in [0.15, 0.2) is 57.9 Å². The summed E-state index contributed by atoms with van der Waals surface area (Å²) in [6, 6.07) is 15.5. The van der Waals surface area contributed by atoms with E-state index < -0.39 is 0 Å². The average Bonchev–Trinajstić information content (AvgIpc) is 2.42. The third-order valence-corrected chi connectivity index (χ3v) is 3.71. The molecule has 1 amide bonds. The van der Waals surface area contributed by atoms with Gasteiger partial charge in [-0.15, -0.1) is 12.6 Å². The van der Waals surface area contributed by atoms with Crippen LogP contribution in [0, 0.1) is 0 Å². The predicted molar refractivity (Wildman–Crippen MR) is 83.9 cm³/mol. The van der Waals surface area contributed by atoms with E-state index in [1.165, 1.54) is 5.56 Å². The molecule has 0 radical (unpaired) electrons. The Morgan fingerprint density at radius 1 is 1.16 bits per heavy atom. The van der Waals surface area contributed by atoms with Crippen molar-refractivity contribution in [1.29, 1.82) is 0 Å². The second-order valence-electron chi connectivity index (χ2n) is 4.16. The number of hydrogen-bond acceptors (Lipinski definition) is 2. The Labute approximate surface area is 126 Å². The lowest BCUT2D eigenvalue weighted by molar-refractivity contribution is 0.0953. The lowest BCUT2D eigenvalue weighted by atomic mass is 10.1. The van der Waals surface area contributed by atoms with E-state index in [1.54, 1.807) is 6.07 Å². The third kappa shape index (κ3) is 4.11.